The van der Waals surface area contributed by atoms with Crippen molar-refractivity contribution in [1.29, 1.82) is 0 Å². The first-order valence-electron chi connectivity index (χ1n) is 9.34. The molecule has 148 valence electrons. The summed E-state index contributed by atoms with van der Waals surface area (Å²) in [5.74, 6) is 0.0213. The van der Waals surface area contributed by atoms with E-state index in [0.29, 0.717) is 39.1 Å². The van der Waals surface area contributed by atoms with E-state index in [-0.39, 0.29) is 22.4 Å². The smallest absolute Gasteiger partial charge is 0.254 e. The third-order valence-electron chi connectivity index (χ3n) is 6.08. The van der Waals surface area contributed by atoms with E-state index in [2.05, 4.69) is 4.98 Å². The molecule has 0 aromatic carbocycles. The highest BCUT2D eigenvalue weighted by Gasteiger charge is 2.62. The van der Waals surface area contributed by atoms with Crippen LogP contribution in [0.3, 0.4) is 0 Å². The number of hydrogen-bond acceptors (Lipinski definition) is 6. The summed E-state index contributed by atoms with van der Waals surface area (Å²) in [5, 5.41) is 0. The van der Waals surface area contributed by atoms with Crippen molar-refractivity contribution in [1.82, 2.24) is 14.2 Å². The van der Waals surface area contributed by atoms with Gasteiger partial charge in [-0.3, -0.25) is 9.78 Å². The first-order valence-corrected chi connectivity index (χ1v) is 10.8. The van der Waals surface area contributed by atoms with Crippen molar-refractivity contribution in [2.24, 2.45) is 0 Å². The lowest BCUT2D eigenvalue weighted by molar-refractivity contribution is -0.213. The van der Waals surface area contributed by atoms with Gasteiger partial charge in [-0.05, 0) is 37.8 Å². The fraction of sp³-hybridized carbons (Fsp3) is 0.667. The Kier molecular flexibility index (Phi) is 4.96. The second kappa shape index (κ2) is 7.12. The molecule has 1 atom stereocenters. The molecule has 3 fully saturated rings. The number of carbonyl (C=O) groups is 1. The molecule has 9 heteroatoms. The van der Waals surface area contributed by atoms with Gasteiger partial charge in [-0.2, -0.15) is 4.31 Å². The number of piperidine rings is 1. The molecule has 4 heterocycles. The largest absolute Gasteiger partial charge is 0.381 e. The average Bonchev–Trinajstić information content (AvgIpc) is 2.70. The summed E-state index contributed by atoms with van der Waals surface area (Å²) in [7, 11) is -1.96. The van der Waals surface area contributed by atoms with Crippen molar-refractivity contribution in [3.8, 4) is 0 Å². The van der Waals surface area contributed by atoms with Crippen LogP contribution in [0, 0.1) is 0 Å². The van der Waals surface area contributed by atoms with Gasteiger partial charge >= 0.3 is 0 Å². The first-order chi connectivity index (χ1) is 13.0. The standard InChI is InChI=1S/C18H25N3O5S/c1-25-16-17(22)21(18(16)6-11-26-12-7-18)14-4-9-20(10-5-14)27(23,24)15-3-2-8-19-13-15/h2-3,8,13-14,16H,4-7,9-12H2,1H3. The number of rotatable bonds is 4. The Labute approximate surface area is 159 Å². The molecule has 1 amide bonds. The number of nitrogens with zero attached hydrogens (tertiary/aromatic N) is 3. The maximum Gasteiger partial charge on any atom is 0.254 e. The molecule has 1 spiro atoms. The molecular formula is C18H25N3O5S. The van der Waals surface area contributed by atoms with Crippen molar-refractivity contribution in [3.05, 3.63) is 24.5 Å². The number of hydrogen-bond donors (Lipinski definition) is 0. The molecule has 27 heavy (non-hydrogen) atoms. The Bertz CT molecular complexity index is 786. The molecule has 0 bridgehead atoms. The Balaban J connectivity index is 1.47. The highest BCUT2D eigenvalue weighted by atomic mass is 32.2. The molecule has 1 unspecified atom stereocenters. The number of aromatic nitrogens is 1. The topological polar surface area (TPSA) is 89.0 Å². The predicted molar refractivity (Wildman–Crippen MR) is 96.4 cm³/mol. The van der Waals surface area contributed by atoms with Gasteiger partial charge in [0.25, 0.3) is 5.91 Å². The molecular weight excluding hydrogens is 370 g/mol. The molecule has 0 N–H and O–H groups in total. The third kappa shape index (κ3) is 2.97. The summed E-state index contributed by atoms with van der Waals surface area (Å²) >= 11 is 0. The van der Waals surface area contributed by atoms with E-state index in [4.69, 9.17) is 9.47 Å². The van der Waals surface area contributed by atoms with E-state index in [1.807, 2.05) is 4.90 Å². The summed E-state index contributed by atoms with van der Waals surface area (Å²) < 4.78 is 38.0. The monoisotopic (exact) mass is 395 g/mol. The normalized spacial score (nSPS) is 26.9. The van der Waals surface area contributed by atoms with Crippen LogP contribution in [0.5, 0.6) is 0 Å². The van der Waals surface area contributed by atoms with Crippen molar-refractivity contribution in [2.45, 2.75) is 48.3 Å². The highest BCUT2D eigenvalue weighted by Crippen LogP contribution is 2.45. The molecule has 1 aromatic rings. The first kappa shape index (κ1) is 18.8. The Morgan fingerprint density at radius 2 is 1.96 bits per heavy atom. The molecule has 3 aliphatic rings. The number of likely N-dealkylation sites (tertiary alicyclic amines) is 1. The molecule has 4 rings (SSSR count). The fourth-order valence-corrected chi connectivity index (χ4v) is 6.15. The fourth-order valence-electron chi connectivity index (χ4n) is 4.72. The number of methoxy groups -OCH3 is 1. The second-order valence-electron chi connectivity index (χ2n) is 7.36. The van der Waals surface area contributed by atoms with Crippen molar-refractivity contribution < 1.29 is 22.7 Å². The number of carbonyl (C=O) groups excluding carboxylic acids is 1. The zero-order chi connectivity index (χ0) is 19.1. The van der Waals surface area contributed by atoms with E-state index in [0.717, 1.165) is 12.8 Å². The van der Waals surface area contributed by atoms with Crippen LogP contribution >= 0.6 is 0 Å². The van der Waals surface area contributed by atoms with Crippen molar-refractivity contribution >= 4 is 15.9 Å². The molecule has 1 aromatic heterocycles. The second-order valence-corrected chi connectivity index (χ2v) is 9.30. The van der Waals surface area contributed by atoms with Gasteiger partial charge in [-0.1, -0.05) is 0 Å². The van der Waals surface area contributed by atoms with Gasteiger partial charge in [0.15, 0.2) is 6.10 Å². The van der Waals surface area contributed by atoms with Gasteiger partial charge in [-0.15, -0.1) is 0 Å². The van der Waals surface area contributed by atoms with Crippen molar-refractivity contribution in [3.63, 3.8) is 0 Å². The van der Waals surface area contributed by atoms with E-state index in [1.165, 1.54) is 10.5 Å². The van der Waals surface area contributed by atoms with Crippen LogP contribution in [0.1, 0.15) is 25.7 Å². The number of β-lactam (4-membered cyclic amide) rings is 1. The summed E-state index contributed by atoms with van der Waals surface area (Å²) in [6.45, 7) is 2.04. The highest BCUT2D eigenvalue weighted by molar-refractivity contribution is 7.89. The Morgan fingerprint density at radius 3 is 2.56 bits per heavy atom. The predicted octanol–water partition coefficient (Wildman–Crippen LogP) is 0.641. The summed E-state index contributed by atoms with van der Waals surface area (Å²) in [6, 6.07) is 3.23. The van der Waals surface area contributed by atoms with E-state index in [1.54, 1.807) is 25.4 Å². The Morgan fingerprint density at radius 1 is 1.26 bits per heavy atom. The molecule has 3 saturated heterocycles. The summed E-state index contributed by atoms with van der Waals surface area (Å²) in [5.41, 5.74) is -0.293. The van der Waals surface area contributed by atoms with Crippen LogP contribution in [-0.4, -0.2) is 79.6 Å². The quantitative estimate of drug-likeness (QED) is 0.695. The Hall–Kier alpha value is -1.55. The zero-order valence-corrected chi connectivity index (χ0v) is 16.2. The molecule has 0 saturated carbocycles. The maximum atomic E-state index is 12.8. The minimum absolute atomic E-state index is 0.0213. The van der Waals surface area contributed by atoms with Crippen LogP contribution in [0.25, 0.3) is 0 Å². The van der Waals surface area contributed by atoms with Gasteiger partial charge in [0.2, 0.25) is 10.0 Å². The third-order valence-corrected chi connectivity index (χ3v) is 7.97. The van der Waals surface area contributed by atoms with Crippen LogP contribution in [0.2, 0.25) is 0 Å². The number of pyridine rings is 1. The number of sulfonamides is 1. The summed E-state index contributed by atoms with van der Waals surface area (Å²) in [6.07, 6.45) is 5.32. The maximum absolute atomic E-state index is 12.8. The van der Waals surface area contributed by atoms with Gasteiger partial charge in [0.05, 0.1) is 5.54 Å². The minimum atomic E-state index is -3.54. The van der Waals surface area contributed by atoms with Gasteiger partial charge in [-0.25, -0.2) is 8.42 Å². The zero-order valence-electron chi connectivity index (χ0n) is 15.4. The van der Waals surface area contributed by atoms with Gasteiger partial charge in [0, 0.05) is 51.8 Å². The van der Waals surface area contributed by atoms with E-state index in [9.17, 15) is 13.2 Å². The van der Waals surface area contributed by atoms with Crippen LogP contribution in [0.4, 0.5) is 0 Å². The lowest BCUT2D eigenvalue weighted by atomic mass is 9.72. The minimum Gasteiger partial charge on any atom is -0.381 e. The van der Waals surface area contributed by atoms with Crippen LogP contribution < -0.4 is 0 Å². The molecule has 8 nitrogen and oxygen atoms in total. The number of amides is 1. The van der Waals surface area contributed by atoms with E-state index >= 15 is 0 Å². The van der Waals surface area contributed by atoms with Crippen LogP contribution in [-0.2, 0) is 24.3 Å². The van der Waals surface area contributed by atoms with Gasteiger partial charge in [0.1, 0.15) is 4.90 Å². The molecule has 0 radical (unpaired) electrons. The van der Waals surface area contributed by atoms with Crippen molar-refractivity contribution in [2.75, 3.05) is 33.4 Å². The van der Waals surface area contributed by atoms with Crippen LogP contribution in [0.15, 0.2) is 29.4 Å². The molecule has 3 aliphatic heterocycles. The van der Waals surface area contributed by atoms with Gasteiger partial charge < -0.3 is 14.4 Å². The van der Waals surface area contributed by atoms with E-state index < -0.39 is 16.1 Å². The molecule has 0 aliphatic carbocycles. The lowest BCUT2D eigenvalue weighted by Crippen LogP contribution is -2.79. The lowest BCUT2D eigenvalue weighted by Gasteiger charge is -2.61. The SMILES string of the molecule is COC1C(=O)N(C2CCN(S(=O)(=O)c3cccnc3)CC2)C12CCOCC2. The summed E-state index contributed by atoms with van der Waals surface area (Å²) in [4.78, 5) is 18.8. The average molecular weight is 395 g/mol. The number of ether oxygens (including phenoxy) is 2.